The fourth-order valence-electron chi connectivity index (χ4n) is 4.13. The van der Waals surface area contributed by atoms with E-state index in [1.54, 1.807) is 0 Å². The van der Waals surface area contributed by atoms with Crippen LogP contribution in [0.15, 0.2) is 24.3 Å². The van der Waals surface area contributed by atoms with E-state index in [-0.39, 0.29) is 0 Å². The Hall–Kier alpha value is -1.06. The first-order valence-electron chi connectivity index (χ1n) is 9.04. The highest BCUT2D eigenvalue weighted by molar-refractivity contribution is 5.33. The Bertz CT molecular complexity index is 457. The van der Waals surface area contributed by atoms with Crippen LogP contribution in [0.1, 0.15) is 44.6 Å². The van der Waals surface area contributed by atoms with Gasteiger partial charge in [-0.3, -0.25) is 4.90 Å². The van der Waals surface area contributed by atoms with Gasteiger partial charge in [0.15, 0.2) is 0 Å². The predicted octanol–water partition coefficient (Wildman–Crippen LogP) is 3.44. The molecule has 1 aromatic rings. The van der Waals surface area contributed by atoms with Crippen LogP contribution in [0, 0.1) is 5.92 Å². The molecule has 2 fully saturated rings. The quantitative estimate of drug-likeness (QED) is 0.902. The Morgan fingerprint density at radius 2 is 1.95 bits per heavy atom. The zero-order chi connectivity index (χ0) is 15.2. The highest BCUT2D eigenvalue weighted by atomic mass is 16.5. The predicted molar refractivity (Wildman–Crippen MR) is 91.3 cm³/mol. The number of hydrogen-bond acceptors (Lipinski definition) is 3. The van der Waals surface area contributed by atoms with Gasteiger partial charge in [0.05, 0.1) is 6.61 Å². The van der Waals surface area contributed by atoms with Gasteiger partial charge >= 0.3 is 0 Å². The summed E-state index contributed by atoms with van der Waals surface area (Å²) in [5.41, 5.74) is 1.35. The van der Waals surface area contributed by atoms with Gasteiger partial charge in [0.25, 0.3) is 0 Å². The molecule has 2 heterocycles. The molecule has 1 unspecified atom stereocenters. The second kappa shape index (κ2) is 7.98. The number of ether oxygens (including phenoxy) is 1. The fourth-order valence-corrected chi connectivity index (χ4v) is 4.13. The summed E-state index contributed by atoms with van der Waals surface area (Å²) in [6.45, 7) is 7.50. The van der Waals surface area contributed by atoms with Crippen LogP contribution in [-0.2, 0) is 6.54 Å². The van der Waals surface area contributed by atoms with Gasteiger partial charge in [-0.05, 0) is 64.2 Å². The number of likely N-dealkylation sites (tertiary alicyclic amines) is 1. The third-order valence-electron chi connectivity index (χ3n) is 5.24. The van der Waals surface area contributed by atoms with Gasteiger partial charge in [-0.25, -0.2) is 0 Å². The molecule has 0 spiro atoms. The Morgan fingerprint density at radius 3 is 2.77 bits per heavy atom. The van der Waals surface area contributed by atoms with Gasteiger partial charge in [-0.15, -0.1) is 0 Å². The second-order valence-corrected chi connectivity index (χ2v) is 6.66. The van der Waals surface area contributed by atoms with Crippen molar-refractivity contribution in [1.82, 2.24) is 10.2 Å². The van der Waals surface area contributed by atoms with E-state index in [2.05, 4.69) is 41.4 Å². The van der Waals surface area contributed by atoms with E-state index in [0.717, 1.165) is 30.9 Å². The molecule has 1 N–H and O–H groups in total. The van der Waals surface area contributed by atoms with E-state index in [9.17, 15) is 0 Å². The third kappa shape index (κ3) is 3.82. The number of para-hydroxylation sites is 1. The first kappa shape index (κ1) is 15.8. The Labute approximate surface area is 135 Å². The van der Waals surface area contributed by atoms with Crippen LogP contribution in [-0.4, -0.2) is 37.2 Å². The molecule has 0 amide bonds. The van der Waals surface area contributed by atoms with E-state index < -0.39 is 0 Å². The lowest BCUT2D eigenvalue weighted by atomic mass is 9.84. The lowest BCUT2D eigenvalue weighted by Gasteiger charge is -2.42. The molecule has 1 atom stereocenters. The molecule has 22 heavy (non-hydrogen) atoms. The number of nitrogens with zero attached hydrogens (tertiary/aromatic N) is 1. The summed E-state index contributed by atoms with van der Waals surface area (Å²) in [6, 6.07) is 9.34. The maximum Gasteiger partial charge on any atom is 0.123 e. The first-order chi connectivity index (χ1) is 10.9. The third-order valence-corrected chi connectivity index (χ3v) is 5.24. The van der Waals surface area contributed by atoms with Crippen molar-refractivity contribution in [2.75, 3.05) is 26.2 Å². The molecule has 122 valence electrons. The average Bonchev–Trinajstić information content (AvgIpc) is 2.58. The number of rotatable bonds is 5. The van der Waals surface area contributed by atoms with Crippen LogP contribution in [0.3, 0.4) is 0 Å². The minimum atomic E-state index is 0.745. The molecule has 0 aromatic heterocycles. The molecule has 0 bridgehead atoms. The molecular formula is C19H30N2O. The molecule has 2 saturated heterocycles. The van der Waals surface area contributed by atoms with E-state index in [0.29, 0.717) is 0 Å². The average molecular weight is 302 g/mol. The summed E-state index contributed by atoms with van der Waals surface area (Å²) < 4.78 is 5.82. The Kier molecular flexibility index (Phi) is 5.74. The summed E-state index contributed by atoms with van der Waals surface area (Å²) in [6.07, 6.45) is 6.81. The zero-order valence-electron chi connectivity index (χ0n) is 13.9. The molecule has 1 aromatic carbocycles. The summed E-state index contributed by atoms with van der Waals surface area (Å²) >= 11 is 0. The summed E-state index contributed by atoms with van der Waals surface area (Å²) in [5, 5.41) is 3.51. The van der Waals surface area contributed by atoms with Gasteiger partial charge in [-0.1, -0.05) is 24.6 Å². The number of benzene rings is 1. The van der Waals surface area contributed by atoms with E-state index in [1.165, 1.54) is 57.3 Å². The summed E-state index contributed by atoms with van der Waals surface area (Å²) in [7, 11) is 0. The highest BCUT2D eigenvalue weighted by Gasteiger charge is 2.30. The smallest absolute Gasteiger partial charge is 0.123 e. The maximum atomic E-state index is 5.82. The van der Waals surface area contributed by atoms with Crippen molar-refractivity contribution in [2.45, 2.75) is 51.6 Å². The highest BCUT2D eigenvalue weighted by Crippen LogP contribution is 2.31. The second-order valence-electron chi connectivity index (χ2n) is 6.66. The lowest BCUT2D eigenvalue weighted by molar-refractivity contribution is 0.0769. The molecule has 0 saturated carbocycles. The topological polar surface area (TPSA) is 24.5 Å². The number of piperidine rings is 2. The maximum absolute atomic E-state index is 5.82. The van der Waals surface area contributed by atoms with Crippen molar-refractivity contribution in [1.29, 1.82) is 0 Å². The molecular weight excluding hydrogens is 272 g/mol. The molecule has 2 aliphatic heterocycles. The zero-order valence-corrected chi connectivity index (χ0v) is 13.9. The Morgan fingerprint density at radius 1 is 1.14 bits per heavy atom. The van der Waals surface area contributed by atoms with E-state index in [1.807, 2.05) is 0 Å². The molecule has 0 radical (unpaired) electrons. The summed E-state index contributed by atoms with van der Waals surface area (Å²) in [5.74, 6) is 1.94. The largest absolute Gasteiger partial charge is 0.494 e. The first-order valence-corrected chi connectivity index (χ1v) is 9.04. The van der Waals surface area contributed by atoms with Crippen molar-refractivity contribution < 1.29 is 4.74 Å². The van der Waals surface area contributed by atoms with Gasteiger partial charge in [0, 0.05) is 18.2 Å². The number of hydrogen-bond donors (Lipinski definition) is 1. The Balaban J connectivity index is 1.71. The molecule has 3 nitrogen and oxygen atoms in total. The van der Waals surface area contributed by atoms with E-state index in [4.69, 9.17) is 4.74 Å². The van der Waals surface area contributed by atoms with Crippen molar-refractivity contribution in [2.24, 2.45) is 5.92 Å². The van der Waals surface area contributed by atoms with Crippen molar-refractivity contribution >= 4 is 0 Å². The summed E-state index contributed by atoms with van der Waals surface area (Å²) in [4.78, 5) is 2.73. The van der Waals surface area contributed by atoms with Crippen molar-refractivity contribution in [3.8, 4) is 5.75 Å². The van der Waals surface area contributed by atoms with Crippen LogP contribution in [0.25, 0.3) is 0 Å². The fraction of sp³-hybridized carbons (Fsp3) is 0.684. The monoisotopic (exact) mass is 302 g/mol. The van der Waals surface area contributed by atoms with Gasteiger partial charge in [-0.2, -0.15) is 0 Å². The van der Waals surface area contributed by atoms with Crippen LogP contribution in [0.2, 0.25) is 0 Å². The minimum absolute atomic E-state index is 0.745. The normalized spacial score (nSPS) is 24.3. The van der Waals surface area contributed by atoms with Crippen molar-refractivity contribution in [3.63, 3.8) is 0 Å². The molecule has 2 aliphatic rings. The lowest BCUT2D eigenvalue weighted by Crippen LogP contribution is -2.46. The molecule has 3 heteroatoms. The van der Waals surface area contributed by atoms with Crippen LogP contribution >= 0.6 is 0 Å². The SMILES string of the molecule is CCOc1ccccc1CN1CCCCC1C1CCNCC1. The van der Waals surface area contributed by atoms with Crippen LogP contribution < -0.4 is 10.1 Å². The van der Waals surface area contributed by atoms with Crippen LogP contribution in [0.5, 0.6) is 5.75 Å². The van der Waals surface area contributed by atoms with Crippen LogP contribution in [0.4, 0.5) is 0 Å². The van der Waals surface area contributed by atoms with Gasteiger partial charge in [0.2, 0.25) is 0 Å². The van der Waals surface area contributed by atoms with Gasteiger partial charge < -0.3 is 10.1 Å². The standard InChI is InChI=1S/C19H30N2O/c1-2-22-19-9-4-3-7-17(19)15-21-14-6-5-8-18(21)16-10-12-20-13-11-16/h3-4,7,9,16,18,20H,2,5-6,8,10-15H2,1H3. The molecule has 0 aliphatic carbocycles. The minimum Gasteiger partial charge on any atom is -0.494 e. The van der Waals surface area contributed by atoms with E-state index >= 15 is 0 Å². The van der Waals surface area contributed by atoms with Crippen molar-refractivity contribution in [3.05, 3.63) is 29.8 Å². The van der Waals surface area contributed by atoms with Gasteiger partial charge in [0.1, 0.15) is 5.75 Å². The number of nitrogens with one attached hydrogen (secondary N) is 1. The molecule has 3 rings (SSSR count).